The van der Waals surface area contributed by atoms with Crippen LogP contribution in [-0.2, 0) is 4.79 Å². The van der Waals surface area contributed by atoms with Gasteiger partial charge in [0.25, 0.3) is 5.91 Å². The fourth-order valence-electron chi connectivity index (χ4n) is 3.50. The number of aryl methyl sites for hydroxylation is 1. The maximum absolute atomic E-state index is 13.2. The zero-order valence-electron chi connectivity index (χ0n) is 14.2. The van der Waals surface area contributed by atoms with Crippen molar-refractivity contribution >= 4 is 17.5 Å². The normalized spacial score (nSPS) is 19.7. The van der Waals surface area contributed by atoms with Crippen molar-refractivity contribution in [3.8, 4) is 0 Å². The van der Waals surface area contributed by atoms with Crippen LogP contribution in [0.1, 0.15) is 46.3 Å². The molecule has 0 spiro atoms. The quantitative estimate of drug-likeness (QED) is 0.922. The Morgan fingerprint density at radius 2 is 1.79 bits per heavy atom. The molecule has 2 aromatic rings. The van der Waals surface area contributed by atoms with Gasteiger partial charge >= 0.3 is 0 Å². The average Bonchev–Trinajstić information content (AvgIpc) is 2.56. The van der Waals surface area contributed by atoms with Gasteiger partial charge in [-0.05, 0) is 56.0 Å². The fraction of sp³-hybridized carbons (Fsp3) is 0.300. The zero-order chi connectivity index (χ0) is 17.4. The highest BCUT2D eigenvalue weighted by Crippen LogP contribution is 2.39. The second kappa shape index (κ2) is 6.11. The summed E-state index contributed by atoms with van der Waals surface area (Å²) in [5.74, 6) is -0.717. The van der Waals surface area contributed by atoms with Gasteiger partial charge in [0.2, 0.25) is 5.91 Å². The van der Waals surface area contributed by atoms with E-state index in [9.17, 15) is 9.59 Å². The molecule has 0 aliphatic carbocycles. The number of anilines is 1. The molecule has 0 aromatic heterocycles. The lowest BCUT2D eigenvalue weighted by molar-refractivity contribution is -0.119. The van der Waals surface area contributed by atoms with Crippen LogP contribution in [0, 0.1) is 13.8 Å². The molecule has 2 amide bonds. The molecule has 3 rings (SSSR count). The number of primary amides is 1. The van der Waals surface area contributed by atoms with Crippen LogP contribution in [0.15, 0.2) is 42.5 Å². The Balaban J connectivity index is 2.10. The Kier molecular flexibility index (Phi) is 4.14. The molecule has 0 saturated heterocycles. The van der Waals surface area contributed by atoms with Crippen LogP contribution in [0.2, 0.25) is 0 Å². The van der Waals surface area contributed by atoms with Gasteiger partial charge in [0.15, 0.2) is 0 Å². The molecular weight excluding hydrogens is 300 g/mol. The smallest absolute Gasteiger partial charge is 0.258 e. The highest BCUT2D eigenvalue weighted by Gasteiger charge is 2.36. The van der Waals surface area contributed by atoms with Crippen LogP contribution in [0.5, 0.6) is 0 Å². The first-order valence-electron chi connectivity index (χ1n) is 8.19. The molecule has 0 bridgehead atoms. The van der Waals surface area contributed by atoms with Crippen LogP contribution in [0.25, 0.3) is 0 Å². The Hall–Kier alpha value is -2.62. The highest BCUT2D eigenvalue weighted by atomic mass is 16.2. The topological polar surface area (TPSA) is 63.4 Å². The predicted octanol–water partition coefficient (Wildman–Crippen LogP) is 3.31. The number of nitrogens with zero attached hydrogens (tertiary/aromatic N) is 1. The Morgan fingerprint density at radius 3 is 2.50 bits per heavy atom. The summed E-state index contributed by atoms with van der Waals surface area (Å²) in [5.41, 5.74) is 9.98. The molecule has 2 aromatic carbocycles. The van der Waals surface area contributed by atoms with Gasteiger partial charge in [-0.1, -0.05) is 30.3 Å². The van der Waals surface area contributed by atoms with Gasteiger partial charge in [0.1, 0.15) is 0 Å². The van der Waals surface area contributed by atoms with Gasteiger partial charge in [-0.3, -0.25) is 9.59 Å². The molecule has 124 valence electrons. The van der Waals surface area contributed by atoms with Crippen molar-refractivity contribution < 1.29 is 9.59 Å². The number of hydrogen-bond donors (Lipinski definition) is 1. The second-order valence-corrected chi connectivity index (χ2v) is 6.52. The van der Waals surface area contributed by atoms with Gasteiger partial charge in [0.05, 0.1) is 5.92 Å². The number of rotatable bonds is 2. The molecule has 2 atom stereocenters. The summed E-state index contributed by atoms with van der Waals surface area (Å²) in [6.07, 6.45) is 0.545. The number of fused-ring (bicyclic) bond motifs is 1. The average molecular weight is 322 g/mol. The molecule has 2 N–H and O–H groups in total. The zero-order valence-corrected chi connectivity index (χ0v) is 14.2. The lowest BCUT2D eigenvalue weighted by Crippen LogP contribution is -2.45. The summed E-state index contributed by atoms with van der Waals surface area (Å²) < 4.78 is 0. The molecule has 0 radical (unpaired) electrons. The molecule has 4 heteroatoms. The van der Waals surface area contributed by atoms with Gasteiger partial charge in [-0.15, -0.1) is 0 Å². The number of amides is 2. The minimum absolute atomic E-state index is 0.0286. The number of para-hydroxylation sites is 1. The van der Waals surface area contributed by atoms with Crippen molar-refractivity contribution in [2.45, 2.75) is 39.2 Å². The first kappa shape index (κ1) is 16.2. The number of nitrogens with two attached hydrogens (primary N) is 1. The molecule has 1 aliphatic rings. The van der Waals surface area contributed by atoms with Crippen LogP contribution < -0.4 is 10.6 Å². The van der Waals surface area contributed by atoms with E-state index in [0.717, 1.165) is 22.4 Å². The highest BCUT2D eigenvalue weighted by molar-refractivity contribution is 6.09. The molecular formula is C20H22N2O2. The van der Waals surface area contributed by atoms with Crippen molar-refractivity contribution in [1.29, 1.82) is 0 Å². The van der Waals surface area contributed by atoms with Gasteiger partial charge in [-0.25, -0.2) is 0 Å². The third kappa shape index (κ3) is 2.58. The van der Waals surface area contributed by atoms with E-state index in [1.54, 1.807) is 4.90 Å². The van der Waals surface area contributed by atoms with E-state index in [2.05, 4.69) is 0 Å². The number of carbonyl (C=O) groups excluding carboxylic acids is 2. The lowest BCUT2D eigenvalue weighted by Gasteiger charge is -2.38. The molecule has 0 unspecified atom stereocenters. The van der Waals surface area contributed by atoms with E-state index < -0.39 is 0 Å². The predicted molar refractivity (Wildman–Crippen MR) is 95.2 cm³/mol. The first-order chi connectivity index (χ1) is 11.4. The standard InChI is InChI=1S/C20H22N2O2/c1-12-7-6-9-15(14(12)3)20(24)22-13(2)11-17(19(21)23)16-8-4-5-10-18(16)22/h4-10,13,17H,11H2,1-3H3,(H2,21,23)/t13-,17-/m1/s1. The SMILES string of the molecule is Cc1cccc(C(=O)N2c3ccccc3[C@H](C(N)=O)C[C@H]2C)c1C. The molecule has 1 heterocycles. The molecule has 24 heavy (non-hydrogen) atoms. The van der Waals surface area contributed by atoms with E-state index in [1.807, 2.05) is 63.2 Å². The maximum Gasteiger partial charge on any atom is 0.258 e. The van der Waals surface area contributed by atoms with Crippen molar-refractivity contribution in [3.05, 3.63) is 64.7 Å². The summed E-state index contributed by atoms with van der Waals surface area (Å²) in [4.78, 5) is 26.9. The molecule has 0 saturated carbocycles. The van der Waals surface area contributed by atoms with Crippen LogP contribution in [0.4, 0.5) is 5.69 Å². The Morgan fingerprint density at radius 1 is 1.08 bits per heavy atom. The van der Waals surface area contributed by atoms with Gasteiger partial charge in [-0.2, -0.15) is 0 Å². The molecule has 0 fully saturated rings. The number of carbonyl (C=O) groups is 2. The van der Waals surface area contributed by atoms with E-state index in [-0.39, 0.29) is 23.8 Å². The largest absolute Gasteiger partial charge is 0.369 e. The third-order valence-corrected chi connectivity index (χ3v) is 4.99. The monoisotopic (exact) mass is 322 g/mol. The summed E-state index contributed by atoms with van der Waals surface area (Å²) in [7, 11) is 0. The summed E-state index contributed by atoms with van der Waals surface area (Å²) in [5, 5.41) is 0. The van der Waals surface area contributed by atoms with Gasteiger partial charge in [0, 0.05) is 17.3 Å². The van der Waals surface area contributed by atoms with Crippen molar-refractivity contribution in [1.82, 2.24) is 0 Å². The van der Waals surface area contributed by atoms with E-state index in [4.69, 9.17) is 5.73 Å². The van der Waals surface area contributed by atoms with E-state index in [1.165, 1.54) is 0 Å². The van der Waals surface area contributed by atoms with E-state index >= 15 is 0 Å². The summed E-state index contributed by atoms with van der Waals surface area (Å²) >= 11 is 0. The van der Waals surface area contributed by atoms with Crippen LogP contribution in [-0.4, -0.2) is 17.9 Å². The third-order valence-electron chi connectivity index (χ3n) is 4.99. The summed E-state index contributed by atoms with van der Waals surface area (Å²) in [6, 6.07) is 13.2. The lowest BCUT2D eigenvalue weighted by atomic mass is 9.85. The molecule has 1 aliphatic heterocycles. The van der Waals surface area contributed by atoms with Crippen molar-refractivity contribution in [3.63, 3.8) is 0 Å². The molecule has 4 nitrogen and oxygen atoms in total. The Bertz CT molecular complexity index is 813. The van der Waals surface area contributed by atoms with Crippen molar-refractivity contribution in [2.75, 3.05) is 4.90 Å². The van der Waals surface area contributed by atoms with Crippen LogP contribution in [0.3, 0.4) is 0 Å². The van der Waals surface area contributed by atoms with Crippen LogP contribution >= 0.6 is 0 Å². The minimum Gasteiger partial charge on any atom is -0.369 e. The maximum atomic E-state index is 13.2. The fourth-order valence-corrected chi connectivity index (χ4v) is 3.50. The number of benzene rings is 2. The first-order valence-corrected chi connectivity index (χ1v) is 8.19. The number of hydrogen-bond acceptors (Lipinski definition) is 2. The summed E-state index contributed by atoms with van der Waals surface area (Å²) in [6.45, 7) is 5.94. The van der Waals surface area contributed by atoms with Crippen molar-refractivity contribution in [2.24, 2.45) is 5.73 Å². The second-order valence-electron chi connectivity index (χ2n) is 6.52. The minimum atomic E-state index is -0.348. The van der Waals surface area contributed by atoms with E-state index in [0.29, 0.717) is 12.0 Å². The Labute approximate surface area is 142 Å². The van der Waals surface area contributed by atoms with Gasteiger partial charge < -0.3 is 10.6 Å².